The summed E-state index contributed by atoms with van der Waals surface area (Å²) >= 11 is 5.88. The van der Waals surface area contributed by atoms with E-state index in [0.29, 0.717) is 30.1 Å². The number of nitrogens with zero attached hydrogens (tertiary/aromatic N) is 4. The number of halogens is 1. The summed E-state index contributed by atoms with van der Waals surface area (Å²) in [4.78, 5) is 21.3. The lowest BCUT2D eigenvalue weighted by Crippen LogP contribution is -2.49. The zero-order chi connectivity index (χ0) is 20.9. The molecule has 0 spiro atoms. The third-order valence-corrected chi connectivity index (χ3v) is 5.94. The highest BCUT2D eigenvalue weighted by atomic mass is 35.5. The van der Waals surface area contributed by atoms with Gasteiger partial charge in [-0.3, -0.25) is 9.69 Å². The van der Waals surface area contributed by atoms with Crippen LogP contribution in [0.25, 0.3) is 11.0 Å². The number of aliphatic hydroxyl groups is 1. The second-order valence-corrected chi connectivity index (χ2v) is 8.30. The number of benzene rings is 2. The Morgan fingerprint density at radius 3 is 2.47 bits per heavy atom. The lowest BCUT2D eigenvalue weighted by molar-refractivity contribution is 0.0636. The number of Topliss-reactive ketones (excluding diaryl/α,β-unsaturated/α-hetero) is 1. The zero-order valence-corrected chi connectivity index (χ0v) is 17.7. The number of β-amino-alcohol motifs (C(OH)–C–C–N with tert-alkyl or cyclic N) is 1. The van der Waals surface area contributed by atoms with Gasteiger partial charge < -0.3 is 14.6 Å². The van der Waals surface area contributed by atoms with Crippen LogP contribution in [-0.2, 0) is 6.54 Å². The first-order valence-corrected chi connectivity index (χ1v) is 10.8. The smallest absolute Gasteiger partial charge is 0.164 e. The standard InChI is InChI=1S/C23H27ClN4O2/c24-19-7-5-18(6-8-19)23(30)9-10-26-11-13-27(14-12-26)15-20(29)16-28-17-25-21-3-1-2-4-22(21)28/h1-8,17,20,29H,9-16H2. The van der Waals surface area contributed by atoms with Gasteiger partial charge in [0.05, 0.1) is 30.0 Å². The van der Waals surface area contributed by atoms with Crippen molar-refractivity contribution >= 4 is 28.4 Å². The number of piperazine rings is 1. The molecule has 0 radical (unpaired) electrons. The Balaban J connectivity index is 1.20. The topological polar surface area (TPSA) is 61.6 Å². The molecule has 2 aromatic carbocycles. The third kappa shape index (κ3) is 5.26. The van der Waals surface area contributed by atoms with E-state index in [-0.39, 0.29) is 5.78 Å². The normalized spacial score (nSPS) is 16.7. The Kier molecular flexibility index (Phi) is 6.79. The van der Waals surface area contributed by atoms with Gasteiger partial charge in [0.15, 0.2) is 5.78 Å². The molecule has 1 aliphatic rings. The van der Waals surface area contributed by atoms with Crippen molar-refractivity contribution in [3.63, 3.8) is 0 Å². The zero-order valence-electron chi connectivity index (χ0n) is 17.0. The van der Waals surface area contributed by atoms with Crippen LogP contribution >= 0.6 is 11.6 Å². The van der Waals surface area contributed by atoms with E-state index in [0.717, 1.165) is 43.8 Å². The Bertz CT molecular complexity index is 980. The van der Waals surface area contributed by atoms with E-state index < -0.39 is 6.10 Å². The van der Waals surface area contributed by atoms with Crippen LogP contribution in [0.4, 0.5) is 0 Å². The van der Waals surface area contributed by atoms with Gasteiger partial charge in [-0.1, -0.05) is 23.7 Å². The molecule has 6 nitrogen and oxygen atoms in total. The van der Waals surface area contributed by atoms with Gasteiger partial charge in [-0.05, 0) is 36.4 Å². The Hall–Kier alpha value is -2.25. The molecular formula is C23H27ClN4O2. The minimum absolute atomic E-state index is 0.150. The highest BCUT2D eigenvalue weighted by molar-refractivity contribution is 6.30. The number of aromatic nitrogens is 2. The molecule has 1 atom stereocenters. The van der Waals surface area contributed by atoms with Crippen molar-refractivity contribution in [2.45, 2.75) is 19.1 Å². The fraction of sp³-hybridized carbons (Fsp3) is 0.391. The van der Waals surface area contributed by atoms with Gasteiger partial charge >= 0.3 is 0 Å². The molecule has 1 aliphatic heterocycles. The Morgan fingerprint density at radius 1 is 1.00 bits per heavy atom. The summed E-state index contributed by atoms with van der Waals surface area (Å²) in [6, 6.07) is 15.1. The number of imidazole rings is 1. The second-order valence-electron chi connectivity index (χ2n) is 7.86. The van der Waals surface area contributed by atoms with Crippen molar-refractivity contribution in [1.82, 2.24) is 19.4 Å². The fourth-order valence-corrected chi connectivity index (χ4v) is 4.10. The van der Waals surface area contributed by atoms with E-state index >= 15 is 0 Å². The minimum Gasteiger partial charge on any atom is -0.390 e. The second kappa shape index (κ2) is 9.71. The molecule has 1 N–H and O–H groups in total. The van der Waals surface area contributed by atoms with Gasteiger partial charge in [-0.25, -0.2) is 4.98 Å². The molecule has 30 heavy (non-hydrogen) atoms. The van der Waals surface area contributed by atoms with Gasteiger partial charge in [-0.2, -0.15) is 0 Å². The van der Waals surface area contributed by atoms with E-state index in [2.05, 4.69) is 14.8 Å². The molecule has 7 heteroatoms. The average molecular weight is 427 g/mol. The first-order valence-electron chi connectivity index (χ1n) is 10.4. The maximum Gasteiger partial charge on any atom is 0.164 e. The number of para-hydroxylation sites is 2. The quantitative estimate of drug-likeness (QED) is 0.561. The molecule has 1 aromatic heterocycles. The molecule has 1 fully saturated rings. The fourth-order valence-electron chi connectivity index (χ4n) is 3.97. The molecule has 3 aromatic rings. The maximum absolute atomic E-state index is 12.3. The van der Waals surface area contributed by atoms with E-state index in [1.165, 1.54) is 0 Å². The van der Waals surface area contributed by atoms with Crippen LogP contribution in [0.5, 0.6) is 0 Å². The van der Waals surface area contributed by atoms with Crippen molar-refractivity contribution in [2.75, 3.05) is 39.3 Å². The summed E-state index contributed by atoms with van der Waals surface area (Å²) in [5.74, 6) is 0.150. The van der Waals surface area contributed by atoms with E-state index in [4.69, 9.17) is 11.6 Å². The van der Waals surface area contributed by atoms with Gasteiger partial charge in [0.1, 0.15) is 0 Å². The monoisotopic (exact) mass is 426 g/mol. The van der Waals surface area contributed by atoms with Crippen LogP contribution in [-0.4, -0.2) is 75.6 Å². The molecule has 4 rings (SSSR count). The summed E-state index contributed by atoms with van der Waals surface area (Å²) in [6.45, 7) is 5.57. The van der Waals surface area contributed by atoms with Gasteiger partial charge in [0, 0.05) is 56.3 Å². The number of carbonyl (C=O) groups excluding carboxylic acids is 1. The van der Waals surface area contributed by atoms with E-state index in [1.807, 2.05) is 28.8 Å². The summed E-state index contributed by atoms with van der Waals surface area (Å²) in [5.41, 5.74) is 2.71. The molecule has 1 unspecified atom stereocenters. The summed E-state index contributed by atoms with van der Waals surface area (Å²) in [5, 5.41) is 11.2. The molecule has 0 saturated carbocycles. The third-order valence-electron chi connectivity index (χ3n) is 5.69. The van der Waals surface area contributed by atoms with Gasteiger partial charge in [0.25, 0.3) is 0 Å². The van der Waals surface area contributed by atoms with Crippen molar-refractivity contribution < 1.29 is 9.90 Å². The number of hydrogen-bond donors (Lipinski definition) is 1. The summed E-state index contributed by atoms with van der Waals surface area (Å²) in [6.07, 6.45) is 1.86. The van der Waals surface area contributed by atoms with Gasteiger partial charge in [-0.15, -0.1) is 0 Å². The van der Waals surface area contributed by atoms with E-state index in [9.17, 15) is 9.90 Å². The van der Waals surface area contributed by atoms with Gasteiger partial charge in [0.2, 0.25) is 0 Å². The number of rotatable bonds is 8. The SMILES string of the molecule is O=C(CCN1CCN(CC(O)Cn2cnc3ccccc32)CC1)c1ccc(Cl)cc1. The number of hydrogen-bond acceptors (Lipinski definition) is 5. The predicted molar refractivity (Wildman–Crippen MR) is 119 cm³/mol. The number of carbonyl (C=O) groups is 1. The molecule has 0 bridgehead atoms. The largest absolute Gasteiger partial charge is 0.390 e. The highest BCUT2D eigenvalue weighted by Gasteiger charge is 2.20. The lowest BCUT2D eigenvalue weighted by atomic mass is 10.1. The van der Waals surface area contributed by atoms with Crippen LogP contribution in [0, 0.1) is 0 Å². The summed E-state index contributed by atoms with van der Waals surface area (Å²) < 4.78 is 2.01. The number of ketones is 1. The Labute approximate surface area is 181 Å². The van der Waals surface area contributed by atoms with Crippen LogP contribution < -0.4 is 0 Å². The predicted octanol–water partition coefficient (Wildman–Crippen LogP) is 2.94. The van der Waals surface area contributed by atoms with Crippen molar-refractivity contribution in [3.05, 3.63) is 65.4 Å². The number of aliphatic hydroxyl groups excluding tert-OH is 1. The molecule has 158 valence electrons. The molecule has 0 amide bonds. The van der Waals surface area contributed by atoms with Crippen LogP contribution in [0.2, 0.25) is 5.02 Å². The molecule has 2 heterocycles. The first-order chi connectivity index (χ1) is 14.6. The lowest BCUT2D eigenvalue weighted by Gasteiger charge is -2.35. The molecule has 1 saturated heterocycles. The van der Waals surface area contributed by atoms with Crippen LogP contribution in [0.1, 0.15) is 16.8 Å². The molecular weight excluding hydrogens is 400 g/mol. The Morgan fingerprint density at radius 2 is 1.70 bits per heavy atom. The average Bonchev–Trinajstić information content (AvgIpc) is 3.16. The number of fused-ring (bicyclic) bond motifs is 1. The van der Waals surface area contributed by atoms with E-state index in [1.54, 1.807) is 30.6 Å². The highest BCUT2D eigenvalue weighted by Crippen LogP contribution is 2.14. The van der Waals surface area contributed by atoms with Crippen LogP contribution in [0.3, 0.4) is 0 Å². The first kappa shape index (κ1) is 21.0. The molecule has 0 aliphatic carbocycles. The van der Waals surface area contributed by atoms with Crippen molar-refractivity contribution in [2.24, 2.45) is 0 Å². The summed E-state index contributed by atoms with van der Waals surface area (Å²) in [7, 11) is 0. The van der Waals surface area contributed by atoms with Crippen molar-refractivity contribution in [3.8, 4) is 0 Å². The maximum atomic E-state index is 12.3. The minimum atomic E-state index is -0.444. The van der Waals surface area contributed by atoms with Crippen molar-refractivity contribution in [1.29, 1.82) is 0 Å². The van der Waals surface area contributed by atoms with Crippen LogP contribution in [0.15, 0.2) is 54.9 Å².